The van der Waals surface area contributed by atoms with Crippen molar-refractivity contribution in [1.29, 1.82) is 0 Å². The highest BCUT2D eigenvalue weighted by atomic mass is 16.5. The lowest BCUT2D eigenvalue weighted by molar-refractivity contribution is 0.208. The minimum atomic E-state index is -0.187. The van der Waals surface area contributed by atoms with E-state index in [0.29, 0.717) is 55.5 Å². The van der Waals surface area contributed by atoms with E-state index >= 15 is 0 Å². The zero-order chi connectivity index (χ0) is 21.1. The van der Waals surface area contributed by atoms with Crippen molar-refractivity contribution in [3.63, 3.8) is 0 Å². The summed E-state index contributed by atoms with van der Waals surface area (Å²) in [4.78, 5) is 37.7. The monoisotopic (exact) mass is 408 g/mol. The summed E-state index contributed by atoms with van der Waals surface area (Å²) >= 11 is 0. The molecule has 2 amide bonds. The quantitative estimate of drug-likeness (QED) is 0.711. The van der Waals surface area contributed by atoms with E-state index in [1.54, 1.807) is 24.2 Å². The molecule has 1 fully saturated rings. The summed E-state index contributed by atoms with van der Waals surface area (Å²) < 4.78 is 6.93. The summed E-state index contributed by atoms with van der Waals surface area (Å²) in [6, 6.07) is 10.8. The second kappa shape index (κ2) is 8.40. The average molecular weight is 408 g/mol. The molecule has 0 unspecified atom stereocenters. The molecule has 9 nitrogen and oxygen atoms in total. The first-order chi connectivity index (χ1) is 14.6. The van der Waals surface area contributed by atoms with Crippen LogP contribution in [0.3, 0.4) is 0 Å². The van der Waals surface area contributed by atoms with E-state index in [1.807, 2.05) is 42.2 Å². The zero-order valence-electron chi connectivity index (χ0n) is 17.0. The molecule has 3 aromatic rings. The van der Waals surface area contributed by atoms with Crippen molar-refractivity contribution >= 4 is 28.7 Å². The lowest BCUT2D eigenvalue weighted by Gasteiger charge is -2.35. The minimum absolute atomic E-state index is 0.164. The third-order valence-corrected chi connectivity index (χ3v) is 5.09. The van der Waals surface area contributed by atoms with Crippen LogP contribution in [0.5, 0.6) is 5.75 Å². The maximum absolute atomic E-state index is 12.7. The Morgan fingerprint density at radius 3 is 2.57 bits per heavy atom. The van der Waals surface area contributed by atoms with E-state index in [1.165, 1.54) is 4.57 Å². The van der Waals surface area contributed by atoms with Crippen LogP contribution in [0.25, 0.3) is 11.2 Å². The first kappa shape index (κ1) is 19.7. The molecule has 0 atom stereocenters. The molecule has 156 valence electrons. The third kappa shape index (κ3) is 3.91. The Hall–Kier alpha value is -3.62. The van der Waals surface area contributed by atoms with Gasteiger partial charge in [-0.25, -0.2) is 14.8 Å². The number of amides is 2. The summed E-state index contributed by atoms with van der Waals surface area (Å²) in [5.74, 6) is 1.16. The Kier molecular flexibility index (Phi) is 5.51. The molecule has 3 heterocycles. The van der Waals surface area contributed by atoms with Crippen LogP contribution in [0.1, 0.15) is 6.92 Å². The lowest BCUT2D eigenvalue weighted by atomic mass is 10.3. The van der Waals surface area contributed by atoms with Crippen LogP contribution in [0, 0.1) is 0 Å². The van der Waals surface area contributed by atoms with Gasteiger partial charge in [0, 0.05) is 45.1 Å². The summed E-state index contributed by atoms with van der Waals surface area (Å²) in [6.07, 6.45) is 1.64. The highest BCUT2D eigenvalue weighted by Crippen LogP contribution is 2.17. The second-order valence-electron chi connectivity index (χ2n) is 7.01. The van der Waals surface area contributed by atoms with Gasteiger partial charge in [-0.15, -0.1) is 0 Å². The standard InChI is InChI=1S/C21H24N6O3/c1-3-30-16-8-6-15(7-9-16)23-21(29)27-13-11-26(12-14-27)19-20(28)25(2)18-17(24-19)5-4-10-22-18/h4-10H,3,11-14H2,1-2H3,(H,23,29). The highest BCUT2D eigenvalue weighted by Gasteiger charge is 2.24. The van der Waals surface area contributed by atoms with E-state index in [4.69, 9.17) is 4.74 Å². The van der Waals surface area contributed by atoms with Crippen molar-refractivity contribution in [2.75, 3.05) is 43.0 Å². The predicted molar refractivity (Wildman–Crippen MR) is 115 cm³/mol. The second-order valence-corrected chi connectivity index (χ2v) is 7.01. The van der Waals surface area contributed by atoms with Crippen molar-refractivity contribution in [2.45, 2.75) is 6.92 Å². The Morgan fingerprint density at radius 2 is 1.87 bits per heavy atom. The van der Waals surface area contributed by atoms with Crippen LogP contribution < -0.4 is 20.5 Å². The molecule has 30 heavy (non-hydrogen) atoms. The van der Waals surface area contributed by atoms with E-state index < -0.39 is 0 Å². The molecule has 0 spiro atoms. The number of nitrogens with zero attached hydrogens (tertiary/aromatic N) is 5. The molecule has 0 aliphatic carbocycles. The maximum atomic E-state index is 12.7. The molecule has 2 aromatic heterocycles. The first-order valence-corrected chi connectivity index (χ1v) is 9.92. The number of aromatic nitrogens is 3. The molecule has 0 bridgehead atoms. The van der Waals surface area contributed by atoms with Gasteiger partial charge in [-0.05, 0) is 43.3 Å². The van der Waals surface area contributed by atoms with Gasteiger partial charge >= 0.3 is 6.03 Å². The van der Waals surface area contributed by atoms with Gasteiger partial charge in [0.05, 0.1) is 6.61 Å². The number of piperazine rings is 1. The van der Waals surface area contributed by atoms with Gasteiger partial charge in [0.15, 0.2) is 11.5 Å². The number of carbonyl (C=O) groups is 1. The number of anilines is 2. The molecular formula is C21H24N6O3. The number of fused-ring (bicyclic) bond motifs is 1. The summed E-state index contributed by atoms with van der Waals surface area (Å²) in [5, 5.41) is 2.90. The van der Waals surface area contributed by atoms with Gasteiger partial charge in [0.1, 0.15) is 11.3 Å². The fourth-order valence-electron chi connectivity index (χ4n) is 3.47. The van der Waals surface area contributed by atoms with Crippen LogP contribution in [0.2, 0.25) is 0 Å². The number of hydrogen-bond donors (Lipinski definition) is 1. The van der Waals surface area contributed by atoms with Gasteiger partial charge in [0.25, 0.3) is 5.56 Å². The normalized spacial score (nSPS) is 14.1. The highest BCUT2D eigenvalue weighted by molar-refractivity contribution is 5.89. The average Bonchev–Trinajstić information content (AvgIpc) is 2.78. The minimum Gasteiger partial charge on any atom is -0.494 e. The van der Waals surface area contributed by atoms with Gasteiger partial charge in [-0.3, -0.25) is 9.36 Å². The molecule has 1 aliphatic rings. The SMILES string of the molecule is CCOc1ccc(NC(=O)N2CCN(c3nc4cccnc4n(C)c3=O)CC2)cc1. The summed E-state index contributed by atoms with van der Waals surface area (Å²) in [5.41, 5.74) is 1.75. The van der Waals surface area contributed by atoms with Crippen molar-refractivity contribution in [1.82, 2.24) is 19.4 Å². The van der Waals surface area contributed by atoms with Gasteiger partial charge in [-0.2, -0.15) is 0 Å². The fraction of sp³-hybridized carbons (Fsp3) is 0.333. The maximum Gasteiger partial charge on any atom is 0.321 e. The Balaban J connectivity index is 1.41. The van der Waals surface area contributed by atoms with Crippen molar-refractivity contribution < 1.29 is 9.53 Å². The molecule has 1 N–H and O–H groups in total. The van der Waals surface area contributed by atoms with E-state index in [0.717, 1.165) is 5.75 Å². The molecule has 0 radical (unpaired) electrons. The number of nitrogens with one attached hydrogen (secondary N) is 1. The van der Waals surface area contributed by atoms with Crippen LogP contribution >= 0.6 is 0 Å². The smallest absolute Gasteiger partial charge is 0.321 e. The summed E-state index contributed by atoms with van der Waals surface area (Å²) in [6.45, 7) is 4.59. The van der Waals surface area contributed by atoms with Gasteiger partial charge < -0.3 is 19.9 Å². The lowest BCUT2D eigenvalue weighted by Crippen LogP contribution is -2.51. The predicted octanol–water partition coefficient (Wildman–Crippen LogP) is 2.08. The number of benzene rings is 1. The van der Waals surface area contributed by atoms with Crippen molar-refractivity contribution in [2.24, 2.45) is 7.05 Å². The number of rotatable bonds is 4. The zero-order valence-corrected chi connectivity index (χ0v) is 17.0. The number of pyridine rings is 1. The first-order valence-electron chi connectivity index (χ1n) is 9.92. The number of hydrogen-bond acceptors (Lipinski definition) is 6. The van der Waals surface area contributed by atoms with Gasteiger partial charge in [0.2, 0.25) is 0 Å². The largest absolute Gasteiger partial charge is 0.494 e. The molecule has 1 saturated heterocycles. The molecule has 1 aromatic carbocycles. The topological polar surface area (TPSA) is 92.6 Å². The van der Waals surface area contributed by atoms with Crippen molar-refractivity contribution in [3.05, 3.63) is 52.9 Å². The third-order valence-electron chi connectivity index (χ3n) is 5.09. The van der Waals surface area contributed by atoms with Gasteiger partial charge in [-0.1, -0.05) is 0 Å². The summed E-state index contributed by atoms with van der Waals surface area (Å²) in [7, 11) is 1.70. The van der Waals surface area contributed by atoms with Crippen LogP contribution in [-0.4, -0.2) is 58.3 Å². The fourth-order valence-corrected chi connectivity index (χ4v) is 3.47. The van der Waals surface area contributed by atoms with E-state index in [-0.39, 0.29) is 11.6 Å². The number of aryl methyl sites for hydroxylation is 1. The molecule has 0 saturated carbocycles. The molecule has 4 rings (SSSR count). The van der Waals surface area contributed by atoms with Crippen LogP contribution in [0.4, 0.5) is 16.3 Å². The van der Waals surface area contributed by atoms with Crippen LogP contribution in [0.15, 0.2) is 47.4 Å². The van der Waals surface area contributed by atoms with E-state index in [9.17, 15) is 9.59 Å². The number of ether oxygens (including phenoxy) is 1. The molecule has 9 heteroatoms. The van der Waals surface area contributed by atoms with Crippen LogP contribution in [-0.2, 0) is 7.05 Å². The number of carbonyl (C=O) groups excluding carboxylic acids is 1. The molecular weight excluding hydrogens is 384 g/mol. The number of urea groups is 1. The van der Waals surface area contributed by atoms with Crippen molar-refractivity contribution in [3.8, 4) is 5.75 Å². The Morgan fingerprint density at radius 1 is 1.13 bits per heavy atom. The Labute approximate surface area is 173 Å². The molecule has 1 aliphatic heterocycles. The Bertz CT molecular complexity index is 1100. The van der Waals surface area contributed by atoms with E-state index in [2.05, 4.69) is 15.3 Å².